The molecule has 0 spiro atoms. The van der Waals surface area contributed by atoms with Crippen LogP contribution in [0.25, 0.3) is 6.08 Å². The van der Waals surface area contributed by atoms with E-state index in [1.54, 1.807) is 36.6 Å². The summed E-state index contributed by atoms with van der Waals surface area (Å²) in [5.74, 6) is -0.0551. The van der Waals surface area contributed by atoms with Crippen molar-refractivity contribution < 1.29 is 23.1 Å². The molecule has 0 radical (unpaired) electrons. The Balaban J connectivity index is 1.96. The molecule has 27 heavy (non-hydrogen) atoms. The SMILES string of the molecule is CCN1C(=O)/C(=C/c2ccc(O)c(OC)c2)SC1=NS(=O)(=O)c1cccs1. The number of aromatic hydroxyl groups is 1. The highest BCUT2D eigenvalue weighted by molar-refractivity contribution is 8.19. The lowest BCUT2D eigenvalue weighted by Gasteiger charge is -2.11. The monoisotopic (exact) mass is 424 g/mol. The maximum atomic E-state index is 12.6. The topological polar surface area (TPSA) is 96.3 Å². The molecule has 1 aromatic carbocycles. The van der Waals surface area contributed by atoms with Crippen molar-refractivity contribution in [3.05, 3.63) is 46.2 Å². The largest absolute Gasteiger partial charge is 0.504 e. The Morgan fingerprint density at radius 2 is 2.11 bits per heavy atom. The Hall–Kier alpha value is -2.30. The van der Waals surface area contributed by atoms with Crippen LogP contribution < -0.4 is 4.74 Å². The standard InChI is InChI=1S/C17H16N2O5S3/c1-3-19-16(21)14(10-11-6-7-12(20)13(9-11)24-2)26-17(19)18-27(22,23)15-5-4-8-25-15/h4-10,20H,3H2,1-2H3/b14-10-,18-17?. The van der Waals surface area contributed by atoms with Crippen LogP contribution >= 0.6 is 23.1 Å². The fraction of sp³-hybridized carbons (Fsp3) is 0.176. The van der Waals surface area contributed by atoms with Crippen LogP contribution in [-0.4, -0.2) is 43.2 Å². The van der Waals surface area contributed by atoms with Crippen molar-refractivity contribution in [3.8, 4) is 11.5 Å². The number of phenolic OH excluding ortho intramolecular Hbond substituents is 1. The van der Waals surface area contributed by atoms with Crippen LogP contribution in [0.1, 0.15) is 12.5 Å². The third-order valence-corrected chi connectivity index (χ3v) is 7.42. The number of nitrogens with zero attached hydrogens (tertiary/aromatic N) is 2. The third kappa shape index (κ3) is 4.02. The van der Waals surface area contributed by atoms with E-state index in [0.29, 0.717) is 17.0 Å². The van der Waals surface area contributed by atoms with Crippen molar-refractivity contribution >= 4 is 50.3 Å². The van der Waals surface area contributed by atoms with E-state index in [1.807, 2.05) is 0 Å². The molecule has 1 fully saturated rings. The summed E-state index contributed by atoms with van der Waals surface area (Å²) in [6.45, 7) is 2.04. The number of ether oxygens (including phenoxy) is 1. The van der Waals surface area contributed by atoms with E-state index < -0.39 is 10.0 Å². The first-order valence-corrected chi connectivity index (χ1v) is 11.0. The Morgan fingerprint density at radius 1 is 1.33 bits per heavy atom. The van der Waals surface area contributed by atoms with Crippen LogP contribution in [0.15, 0.2) is 49.2 Å². The molecule has 0 aliphatic carbocycles. The number of carbonyl (C=O) groups excluding carboxylic acids is 1. The molecule has 1 N–H and O–H groups in total. The van der Waals surface area contributed by atoms with E-state index in [0.717, 1.165) is 23.1 Å². The van der Waals surface area contributed by atoms with Crippen molar-refractivity contribution in [2.75, 3.05) is 13.7 Å². The number of benzene rings is 1. The van der Waals surface area contributed by atoms with Crippen molar-refractivity contribution in [1.29, 1.82) is 0 Å². The third-order valence-electron chi connectivity index (χ3n) is 3.65. The van der Waals surface area contributed by atoms with Crippen molar-refractivity contribution in [1.82, 2.24) is 4.90 Å². The van der Waals surface area contributed by atoms with Crippen molar-refractivity contribution in [3.63, 3.8) is 0 Å². The van der Waals surface area contributed by atoms with Gasteiger partial charge in [-0.1, -0.05) is 12.1 Å². The molecule has 3 rings (SSSR count). The molecule has 1 saturated heterocycles. The Labute approximate surface area is 165 Å². The summed E-state index contributed by atoms with van der Waals surface area (Å²) in [6.07, 6.45) is 1.61. The molecule has 1 aliphatic rings. The van der Waals surface area contributed by atoms with Gasteiger partial charge in [-0.3, -0.25) is 9.69 Å². The quantitative estimate of drug-likeness (QED) is 0.741. The van der Waals surface area contributed by atoms with Crippen molar-refractivity contribution in [2.24, 2.45) is 4.40 Å². The van der Waals surface area contributed by atoms with E-state index in [2.05, 4.69) is 4.40 Å². The first-order valence-electron chi connectivity index (χ1n) is 7.82. The van der Waals surface area contributed by atoms with Crippen LogP contribution in [0, 0.1) is 0 Å². The van der Waals surface area contributed by atoms with Gasteiger partial charge in [-0.25, -0.2) is 0 Å². The van der Waals surface area contributed by atoms with Crippen LogP contribution in [0.4, 0.5) is 0 Å². The van der Waals surface area contributed by atoms with Gasteiger partial charge in [-0.15, -0.1) is 15.7 Å². The molecule has 0 atom stereocenters. The number of carbonyl (C=O) groups is 1. The van der Waals surface area contributed by atoms with E-state index in [9.17, 15) is 18.3 Å². The van der Waals surface area contributed by atoms with Gasteiger partial charge in [0.05, 0.1) is 12.0 Å². The Bertz CT molecular complexity index is 1030. The zero-order valence-electron chi connectivity index (χ0n) is 14.4. The summed E-state index contributed by atoms with van der Waals surface area (Å²) < 4.78 is 33.9. The van der Waals surface area contributed by atoms with Gasteiger partial charge in [0.1, 0.15) is 4.21 Å². The molecule has 1 aromatic heterocycles. The number of rotatable bonds is 5. The smallest absolute Gasteiger partial charge is 0.294 e. The van der Waals surface area contributed by atoms with E-state index in [-0.39, 0.29) is 26.8 Å². The fourth-order valence-corrected chi connectivity index (χ4v) is 5.56. The number of likely N-dealkylation sites (N-methyl/N-ethyl adjacent to an activating group) is 1. The summed E-state index contributed by atoms with van der Waals surface area (Å²) in [5.41, 5.74) is 0.638. The Morgan fingerprint density at radius 3 is 2.74 bits per heavy atom. The zero-order chi connectivity index (χ0) is 19.6. The number of sulfonamides is 1. The second-order valence-electron chi connectivity index (χ2n) is 5.37. The minimum Gasteiger partial charge on any atom is -0.504 e. The summed E-state index contributed by atoms with van der Waals surface area (Å²) in [4.78, 5) is 14.3. The molecule has 2 aromatic rings. The highest BCUT2D eigenvalue weighted by Crippen LogP contribution is 2.35. The predicted molar refractivity (Wildman–Crippen MR) is 107 cm³/mol. The molecule has 1 amide bonds. The second-order valence-corrected chi connectivity index (χ2v) is 9.16. The highest BCUT2D eigenvalue weighted by Gasteiger charge is 2.34. The molecular formula is C17H16N2O5S3. The molecule has 0 unspecified atom stereocenters. The first-order chi connectivity index (χ1) is 12.9. The minimum absolute atomic E-state index is 0.00970. The molecule has 7 nitrogen and oxygen atoms in total. The lowest BCUT2D eigenvalue weighted by Crippen LogP contribution is -2.29. The number of thiophene rings is 1. The van der Waals surface area contributed by atoms with E-state index in [1.165, 1.54) is 24.1 Å². The number of amides is 1. The van der Waals surface area contributed by atoms with Gasteiger partial charge >= 0.3 is 0 Å². The fourth-order valence-electron chi connectivity index (χ4n) is 2.35. The maximum absolute atomic E-state index is 12.6. The van der Waals surface area contributed by atoms with Gasteiger partial charge in [-0.2, -0.15) is 8.42 Å². The number of phenols is 1. The highest BCUT2D eigenvalue weighted by atomic mass is 32.2. The summed E-state index contributed by atoms with van der Waals surface area (Å²) in [7, 11) is -2.44. The van der Waals surface area contributed by atoms with Gasteiger partial charge < -0.3 is 9.84 Å². The molecule has 1 aliphatic heterocycles. The van der Waals surface area contributed by atoms with Crippen molar-refractivity contribution in [2.45, 2.75) is 11.1 Å². The summed E-state index contributed by atoms with van der Waals surface area (Å²) in [6, 6.07) is 7.78. The number of amidine groups is 1. The second kappa shape index (κ2) is 7.75. The van der Waals surface area contributed by atoms with E-state index >= 15 is 0 Å². The van der Waals surface area contributed by atoms with Gasteiger partial charge in [0.15, 0.2) is 16.7 Å². The van der Waals surface area contributed by atoms with Crippen LogP contribution in [-0.2, 0) is 14.8 Å². The van der Waals surface area contributed by atoms with Gasteiger partial charge in [0.25, 0.3) is 15.9 Å². The van der Waals surface area contributed by atoms with Crippen LogP contribution in [0.3, 0.4) is 0 Å². The number of methoxy groups -OCH3 is 1. The zero-order valence-corrected chi connectivity index (χ0v) is 16.9. The number of hydrogen-bond donors (Lipinski definition) is 1. The first kappa shape index (κ1) is 19.5. The number of hydrogen-bond acceptors (Lipinski definition) is 7. The average molecular weight is 425 g/mol. The maximum Gasteiger partial charge on any atom is 0.294 e. The molecule has 0 bridgehead atoms. The average Bonchev–Trinajstić information content (AvgIpc) is 3.26. The lowest BCUT2D eigenvalue weighted by molar-refractivity contribution is -0.122. The Kier molecular flexibility index (Phi) is 5.59. The summed E-state index contributed by atoms with van der Waals surface area (Å²) in [5, 5.41) is 11.4. The van der Waals surface area contributed by atoms with Gasteiger partial charge in [0.2, 0.25) is 0 Å². The van der Waals surface area contributed by atoms with Crippen LogP contribution in [0.2, 0.25) is 0 Å². The molecule has 2 heterocycles. The predicted octanol–water partition coefficient (Wildman–Crippen LogP) is 3.14. The minimum atomic E-state index is -3.87. The molecule has 0 saturated carbocycles. The van der Waals surface area contributed by atoms with Gasteiger partial charge in [0, 0.05) is 6.54 Å². The van der Waals surface area contributed by atoms with Crippen LogP contribution in [0.5, 0.6) is 11.5 Å². The molecule has 10 heteroatoms. The molecular weight excluding hydrogens is 408 g/mol. The van der Waals surface area contributed by atoms with Gasteiger partial charge in [-0.05, 0) is 53.9 Å². The number of thioether (sulfide) groups is 1. The summed E-state index contributed by atoms with van der Waals surface area (Å²) >= 11 is 2.07. The lowest BCUT2D eigenvalue weighted by atomic mass is 10.2. The van der Waals surface area contributed by atoms with E-state index in [4.69, 9.17) is 4.74 Å². The normalized spacial score (nSPS) is 17.9. The molecule has 142 valence electrons.